The summed E-state index contributed by atoms with van der Waals surface area (Å²) in [4.78, 5) is 34.4. The molecule has 1 aromatic heterocycles. The summed E-state index contributed by atoms with van der Waals surface area (Å²) < 4.78 is 15.1. The van der Waals surface area contributed by atoms with E-state index in [2.05, 4.69) is 5.32 Å². The maximum Gasteiger partial charge on any atom is 0.342 e. The number of furan rings is 1. The average molecular weight is 348 g/mol. The van der Waals surface area contributed by atoms with Crippen molar-refractivity contribution in [3.05, 3.63) is 58.0 Å². The molecule has 25 heavy (non-hydrogen) atoms. The Morgan fingerprint density at radius 1 is 1.36 bits per heavy atom. The van der Waals surface area contributed by atoms with Crippen molar-refractivity contribution >= 4 is 17.6 Å². The number of methoxy groups -OCH3 is 1. The second-order valence-electron chi connectivity index (χ2n) is 4.99. The lowest BCUT2D eigenvalue weighted by Gasteiger charge is -2.14. The number of nitro groups is 1. The summed E-state index contributed by atoms with van der Waals surface area (Å²) in [5, 5.41) is 13.4. The first-order valence-electron chi connectivity index (χ1n) is 7.26. The van der Waals surface area contributed by atoms with Gasteiger partial charge in [-0.2, -0.15) is 0 Å². The molecule has 0 spiro atoms. The number of esters is 1. The minimum Gasteiger partial charge on any atom is -0.496 e. The van der Waals surface area contributed by atoms with Crippen LogP contribution in [0.1, 0.15) is 23.0 Å². The number of rotatable bonds is 7. The van der Waals surface area contributed by atoms with Gasteiger partial charge in [-0.3, -0.25) is 14.9 Å². The number of nitrogens with zero attached hydrogens (tertiary/aromatic N) is 1. The predicted octanol–water partition coefficient (Wildman–Crippen LogP) is 2.06. The summed E-state index contributed by atoms with van der Waals surface area (Å²) in [6.07, 6.45) is 0.367. The van der Waals surface area contributed by atoms with E-state index in [9.17, 15) is 19.7 Å². The number of nitro benzene ring substituents is 1. The Morgan fingerprint density at radius 2 is 2.12 bits per heavy atom. The van der Waals surface area contributed by atoms with Crippen LogP contribution in [0.25, 0.3) is 0 Å². The van der Waals surface area contributed by atoms with Crippen molar-refractivity contribution in [1.29, 1.82) is 0 Å². The van der Waals surface area contributed by atoms with E-state index in [1.165, 1.54) is 32.4 Å². The van der Waals surface area contributed by atoms with E-state index in [4.69, 9.17) is 13.9 Å². The van der Waals surface area contributed by atoms with Crippen molar-refractivity contribution in [2.75, 3.05) is 7.11 Å². The number of hydrogen-bond acceptors (Lipinski definition) is 7. The van der Waals surface area contributed by atoms with Crippen molar-refractivity contribution in [1.82, 2.24) is 5.32 Å². The number of amides is 1. The lowest BCUT2D eigenvalue weighted by Crippen LogP contribution is -2.35. The zero-order chi connectivity index (χ0) is 18.4. The highest BCUT2D eigenvalue weighted by Gasteiger charge is 2.23. The van der Waals surface area contributed by atoms with Crippen LogP contribution in [-0.4, -0.2) is 30.0 Å². The van der Waals surface area contributed by atoms with E-state index >= 15 is 0 Å². The van der Waals surface area contributed by atoms with Crippen LogP contribution in [-0.2, 0) is 16.1 Å². The van der Waals surface area contributed by atoms with Gasteiger partial charge in [-0.15, -0.1) is 0 Å². The molecule has 0 saturated carbocycles. The molecule has 0 radical (unpaired) electrons. The van der Waals surface area contributed by atoms with Crippen molar-refractivity contribution in [3.63, 3.8) is 0 Å². The Balaban J connectivity index is 2.03. The number of ether oxygens (including phenoxy) is 2. The third kappa shape index (κ3) is 4.56. The molecule has 1 N–H and O–H groups in total. The zero-order valence-corrected chi connectivity index (χ0v) is 13.6. The number of hydrogen-bond donors (Lipinski definition) is 1. The molecule has 0 saturated heterocycles. The Bertz CT molecular complexity index is 771. The van der Waals surface area contributed by atoms with Gasteiger partial charge in [0.2, 0.25) is 0 Å². The lowest BCUT2D eigenvalue weighted by atomic mass is 10.1. The molecule has 0 aliphatic rings. The molecule has 9 nitrogen and oxygen atoms in total. The van der Waals surface area contributed by atoms with Gasteiger partial charge in [-0.25, -0.2) is 4.79 Å². The number of nitrogens with one attached hydrogen (secondary N) is 1. The fourth-order valence-electron chi connectivity index (χ4n) is 1.98. The second kappa shape index (κ2) is 7.95. The summed E-state index contributed by atoms with van der Waals surface area (Å²) in [5.74, 6) is -0.777. The average Bonchev–Trinajstić information content (AvgIpc) is 3.12. The first-order chi connectivity index (χ1) is 11.9. The van der Waals surface area contributed by atoms with Gasteiger partial charge in [0.05, 0.1) is 24.8 Å². The Labute approximate surface area is 142 Å². The van der Waals surface area contributed by atoms with E-state index in [-0.39, 0.29) is 23.5 Å². The van der Waals surface area contributed by atoms with Crippen LogP contribution >= 0.6 is 0 Å². The predicted molar refractivity (Wildman–Crippen MR) is 85.1 cm³/mol. The van der Waals surface area contributed by atoms with E-state index in [1.807, 2.05) is 0 Å². The molecule has 1 atom stereocenters. The monoisotopic (exact) mass is 348 g/mol. The lowest BCUT2D eigenvalue weighted by molar-refractivity contribution is -0.384. The molecular weight excluding hydrogens is 332 g/mol. The first kappa shape index (κ1) is 18.0. The smallest absolute Gasteiger partial charge is 0.342 e. The fourth-order valence-corrected chi connectivity index (χ4v) is 1.98. The molecule has 1 aromatic carbocycles. The fraction of sp³-hybridized carbons (Fsp3) is 0.250. The van der Waals surface area contributed by atoms with Crippen molar-refractivity contribution in [2.24, 2.45) is 0 Å². The van der Waals surface area contributed by atoms with Gasteiger partial charge < -0.3 is 19.2 Å². The van der Waals surface area contributed by atoms with Gasteiger partial charge in [-0.05, 0) is 25.1 Å². The third-order valence-corrected chi connectivity index (χ3v) is 3.28. The number of carbonyl (C=O) groups is 2. The van der Waals surface area contributed by atoms with Gasteiger partial charge in [0.25, 0.3) is 11.6 Å². The highest BCUT2D eigenvalue weighted by molar-refractivity contribution is 5.95. The number of benzene rings is 1. The highest BCUT2D eigenvalue weighted by Crippen LogP contribution is 2.25. The van der Waals surface area contributed by atoms with E-state index in [0.717, 1.165) is 6.07 Å². The van der Waals surface area contributed by atoms with E-state index < -0.39 is 22.9 Å². The van der Waals surface area contributed by atoms with Gasteiger partial charge >= 0.3 is 5.97 Å². The first-order valence-corrected chi connectivity index (χ1v) is 7.26. The van der Waals surface area contributed by atoms with Crippen molar-refractivity contribution in [3.8, 4) is 5.75 Å². The standard InChI is InChI=1S/C16H16N2O7/c1-10(15(19)17-9-12-4-3-7-24-12)25-16(20)13-8-11(18(21)22)5-6-14(13)23-2/h3-8,10H,9H2,1-2H3,(H,17,19)/t10-/m0/s1. The van der Waals surface area contributed by atoms with Crippen LogP contribution in [0.5, 0.6) is 5.75 Å². The molecule has 0 unspecified atom stereocenters. The summed E-state index contributed by atoms with van der Waals surface area (Å²) in [6.45, 7) is 1.53. The molecule has 0 fully saturated rings. The third-order valence-electron chi connectivity index (χ3n) is 3.28. The minimum absolute atomic E-state index is 0.110. The Hall–Kier alpha value is -3.36. The molecule has 1 heterocycles. The Kier molecular flexibility index (Phi) is 5.72. The molecular formula is C16H16N2O7. The quantitative estimate of drug-likeness (QED) is 0.462. The number of carbonyl (C=O) groups excluding carboxylic acids is 2. The van der Waals surface area contributed by atoms with E-state index in [1.54, 1.807) is 12.1 Å². The summed E-state index contributed by atoms with van der Waals surface area (Å²) in [6, 6.07) is 6.89. The van der Waals surface area contributed by atoms with Gasteiger partial charge in [-0.1, -0.05) is 0 Å². The molecule has 2 rings (SSSR count). The number of non-ortho nitro benzene ring substituents is 1. The molecule has 2 aromatic rings. The summed E-state index contributed by atoms with van der Waals surface area (Å²) >= 11 is 0. The normalized spacial score (nSPS) is 11.4. The van der Waals surface area contributed by atoms with Gasteiger partial charge in [0.15, 0.2) is 6.10 Å². The van der Waals surface area contributed by atoms with Crippen LogP contribution < -0.4 is 10.1 Å². The molecule has 1 amide bonds. The SMILES string of the molecule is COc1ccc([N+](=O)[O-])cc1C(=O)O[C@@H](C)C(=O)NCc1ccco1. The molecule has 0 bridgehead atoms. The Morgan fingerprint density at radius 3 is 2.72 bits per heavy atom. The minimum atomic E-state index is -1.11. The van der Waals surface area contributed by atoms with Crippen LogP contribution in [0, 0.1) is 10.1 Å². The summed E-state index contributed by atoms with van der Waals surface area (Å²) in [5.41, 5.74) is -0.426. The summed E-state index contributed by atoms with van der Waals surface area (Å²) in [7, 11) is 1.32. The van der Waals surface area contributed by atoms with E-state index in [0.29, 0.717) is 5.76 Å². The topological polar surface area (TPSA) is 121 Å². The zero-order valence-electron chi connectivity index (χ0n) is 13.6. The molecule has 0 aliphatic carbocycles. The maximum absolute atomic E-state index is 12.2. The van der Waals surface area contributed by atoms with Gasteiger partial charge in [0.1, 0.15) is 17.1 Å². The second-order valence-corrected chi connectivity index (χ2v) is 4.99. The van der Waals surface area contributed by atoms with Crippen LogP contribution in [0.2, 0.25) is 0 Å². The van der Waals surface area contributed by atoms with Gasteiger partial charge in [0, 0.05) is 12.1 Å². The molecule has 0 aliphatic heterocycles. The highest BCUT2D eigenvalue weighted by atomic mass is 16.6. The van der Waals surface area contributed by atoms with Crippen molar-refractivity contribution in [2.45, 2.75) is 19.6 Å². The molecule has 9 heteroatoms. The van der Waals surface area contributed by atoms with Crippen LogP contribution in [0.4, 0.5) is 5.69 Å². The van der Waals surface area contributed by atoms with Crippen LogP contribution in [0.15, 0.2) is 41.0 Å². The van der Waals surface area contributed by atoms with Crippen molar-refractivity contribution < 1.29 is 28.4 Å². The largest absolute Gasteiger partial charge is 0.496 e. The molecule has 132 valence electrons. The maximum atomic E-state index is 12.2. The van der Waals surface area contributed by atoms with Crippen LogP contribution in [0.3, 0.4) is 0 Å².